The number of unbranched alkanes of at least 4 members (excludes halogenated alkanes) is 2. The van der Waals surface area contributed by atoms with Crippen LogP contribution in [0.15, 0.2) is 24.3 Å². The largest absolute Gasteiger partial charge is 0.416 e. The van der Waals surface area contributed by atoms with Gasteiger partial charge in [-0.05, 0) is 31.0 Å². The smallest absolute Gasteiger partial charge is 0.352 e. The second kappa shape index (κ2) is 7.38. The number of carbonyl (C=O) groups excluding carboxylic acids is 1. The molecule has 0 aliphatic heterocycles. The Morgan fingerprint density at radius 3 is 2.58 bits per heavy atom. The standard InChI is InChI=1S/C13H15ClF3NO/c14-7-2-1-3-8-18-12(19)10-5-4-6-11(9-10)13(15,16)17/h4-6,9H,1-3,7-8H2,(H,18,19). The van der Waals surface area contributed by atoms with Crippen LogP contribution >= 0.6 is 11.6 Å². The summed E-state index contributed by atoms with van der Waals surface area (Å²) in [6.07, 6.45) is -1.93. The molecule has 0 radical (unpaired) electrons. The molecule has 0 fully saturated rings. The van der Waals surface area contributed by atoms with E-state index in [1.165, 1.54) is 12.1 Å². The molecule has 0 aliphatic rings. The molecule has 1 N–H and O–H groups in total. The molecule has 1 aromatic carbocycles. The number of rotatable bonds is 6. The summed E-state index contributed by atoms with van der Waals surface area (Å²) in [6, 6.07) is 4.39. The van der Waals surface area contributed by atoms with E-state index in [1.807, 2.05) is 0 Å². The normalized spacial score (nSPS) is 11.4. The van der Waals surface area contributed by atoms with Crippen molar-refractivity contribution in [3.8, 4) is 0 Å². The van der Waals surface area contributed by atoms with E-state index in [1.54, 1.807) is 0 Å². The first-order valence-electron chi connectivity index (χ1n) is 5.96. The van der Waals surface area contributed by atoms with Crippen molar-refractivity contribution in [3.05, 3.63) is 35.4 Å². The second-order valence-electron chi connectivity index (χ2n) is 4.08. The highest BCUT2D eigenvalue weighted by Crippen LogP contribution is 2.29. The van der Waals surface area contributed by atoms with E-state index < -0.39 is 17.6 Å². The van der Waals surface area contributed by atoms with Gasteiger partial charge in [-0.1, -0.05) is 12.5 Å². The predicted octanol–water partition coefficient (Wildman–Crippen LogP) is 3.84. The van der Waals surface area contributed by atoms with Crippen LogP contribution < -0.4 is 5.32 Å². The minimum atomic E-state index is -4.43. The van der Waals surface area contributed by atoms with Crippen molar-refractivity contribution in [1.29, 1.82) is 0 Å². The Bertz CT molecular complexity index is 421. The highest BCUT2D eigenvalue weighted by molar-refractivity contribution is 6.17. The van der Waals surface area contributed by atoms with Crippen LogP contribution in [0, 0.1) is 0 Å². The van der Waals surface area contributed by atoms with E-state index in [0.29, 0.717) is 12.4 Å². The summed E-state index contributed by atoms with van der Waals surface area (Å²) < 4.78 is 37.4. The SMILES string of the molecule is O=C(NCCCCCCl)c1cccc(C(F)(F)F)c1. The summed E-state index contributed by atoms with van der Waals surface area (Å²) in [5.41, 5.74) is -0.797. The molecule has 6 heteroatoms. The lowest BCUT2D eigenvalue weighted by Gasteiger charge is -2.09. The predicted molar refractivity (Wildman–Crippen MR) is 68.3 cm³/mol. The molecule has 1 aromatic rings. The molecule has 0 atom stereocenters. The van der Waals surface area contributed by atoms with E-state index >= 15 is 0 Å². The maximum Gasteiger partial charge on any atom is 0.416 e. The third-order valence-corrected chi connectivity index (χ3v) is 2.82. The summed E-state index contributed by atoms with van der Waals surface area (Å²) in [6.45, 7) is 0.436. The van der Waals surface area contributed by atoms with Gasteiger partial charge in [0.05, 0.1) is 5.56 Å². The summed E-state index contributed by atoms with van der Waals surface area (Å²) in [5.74, 6) is 0.0821. The van der Waals surface area contributed by atoms with Crippen LogP contribution in [0.3, 0.4) is 0 Å². The fourth-order valence-corrected chi connectivity index (χ4v) is 1.73. The summed E-state index contributed by atoms with van der Waals surface area (Å²) >= 11 is 5.51. The van der Waals surface area contributed by atoms with Crippen LogP contribution in [0.25, 0.3) is 0 Å². The van der Waals surface area contributed by atoms with Crippen molar-refractivity contribution in [2.24, 2.45) is 0 Å². The zero-order chi connectivity index (χ0) is 14.3. The quantitative estimate of drug-likeness (QED) is 0.626. The van der Waals surface area contributed by atoms with Gasteiger partial charge in [0, 0.05) is 18.0 Å². The first kappa shape index (κ1) is 15.8. The molecule has 2 nitrogen and oxygen atoms in total. The number of amides is 1. The topological polar surface area (TPSA) is 29.1 Å². The van der Waals surface area contributed by atoms with Crippen molar-refractivity contribution in [2.45, 2.75) is 25.4 Å². The van der Waals surface area contributed by atoms with Gasteiger partial charge >= 0.3 is 6.18 Å². The summed E-state index contributed by atoms with van der Waals surface area (Å²) in [7, 11) is 0. The van der Waals surface area contributed by atoms with Gasteiger partial charge in [0.25, 0.3) is 5.91 Å². The Morgan fingerprint density at radius 2 is 1.95 bits per heavy atom. The van der Waals surface area contributed by atoms with Gasteiger partial charge in [0.15, 0.2) is 0 Å². The van der Waals surface area contributed by atoms with Crippen molar-refractivity contribution < 1.29 is 18.0 Å². The summed E-state index contributed by atoms with van der Waals surface area (Å²) in [5, 5.41) is 2.59. The minimum Gasteiger partial charge on any atom is -0.352 e. The zero-order valence-corrected chi connectivity index (χ0v) is 11.0. The van der Waals surface area contributed by atoms with E-state index in [9.17, 15) is 18.0 Å². The Balaban J connectivity index is 2.53. The number of alkyl halides is 4. The Hall–Kier alpha value is -1.23. The molecule has 0 unspecified atom stereocenters. The molecule has 19 heavy (non-hydrogen) atoms. The molecule has 0 spiro atoms. The molecule has 1 amide bonds. The average molecular weight is 294 g/mol. The minimum absolute atomic E-state index is 0.0205. The van der Waals surface area contributed by atoms with Crippen LogP contribution in [-0.2, 0) is 6.18 Å². The molecular weight excluding hydrogens is 279 g/mol. The maximum absolute atomic E-state index is 12.5. The maximum atomic E-state index is 12.5. The van der Waals surface area contributed by atoms with Crippen LogP contribution in [0.5, 0.6) is 0 Å². The second-order valence-corrected chi connectivity index (χ2v) is 4.46. The molecule has 0 bridgehead atoms. The van der Waals surface area contributed by atoms with Gasteiger partial charge in [0.2, 0.25) is 0 Å². The zero-order valence-electron chi connectivity index (χ0n) is 10.3. The van der Waals surface area contributed by atoms with E-state index in [0.717, 1.165) is 31.4 Å². The van der Waals surface area contributed by atoms with Crippen molar-refractivity contribution in [3.63, 3.8) is 0 Å². The number of nitrogens with one attached hydrogen (secondary N) is 1. The van der Waals surface area contributed by atoms with Crippen LogP contribution in [0.4, 0.5) is 13.2 Å². The number of hydrogen-bond acceptors (Lipinski definition) is 1. The highest BCUT2D eigenvalue weighted by Gasteiger charge is 2.30. The first-order valence-corrected chi connectivity index (χ1v) is 6.50. The fourth-order valence-electron chi connectivity index (χ4n) is 1.54. The third-order valence-electron chi connectivity index (χ3n) is 2.55. The van der Waals surface area contributed by atoms with Gasteiger partial charge in [-0.25, -0.2) is 0 Å². The van der Waals surface area contributed by atoms with Gasteiger partial charge in [-0.3, -0.25) is 4.79 Å². The Labute approximate surface area is 114 Å². The van der Waals surface area contributed by atoms with Gasteiger partial charge < -0.3 is 5.32 Å². The highest BCUT2D eigenvalue weighted by atomic mass is 35.5. The molecule has 0 aliphatic carbocycles. The van der Waals surface area contributed by atoms with Crippen LogP contribution in [-0.4, -0.2) is 18.3 Å². The lowest BCUT2D eigenvalue weighted by molar-refractivity contribution is -0.137. The molecule has 1 rings (SSSR count). The van der Waals surface area contributed by atoms with E-state index in [-0.39, 0.29) is 5.56 Å². The third kappa shape index (κ3) is 5.51. The Kier molecular flexibility index (Phi) is 6.15. The number of hydrogen-bond donors (Lipinski definition) is 1. The number of benzene rings is 1. The lowest BCUT2D eigenvalue weighted by atomic mass is 10.1. The van der Waals surface area contributed by atoms with Crippen LogP contribution in [0.1, 0.15) is 35.2 Å². The fraction of sp³-hybridized carbons (Fsp3) is 0.462. The number of carbonyl (C=O) groups is 1. The van der Waals surface area contributed by atoms with Gasteiger partial charge in [-0.15, -0.1) is 11.6 Å². The summed E-state index contributed by atoms with van der Waals surface area (Å²) in [4.78, 5) is 11.7. The van der Waals surface area contributed by atoms with Gasteiger partial charge in [0.1, 0.15) is 0 Å². The molecular formula is C13H15ClF3NO. The number of halogens is 4. The molecule has 0 heterocycles. The Morgan fingerprint density at radius 1 is 1.21 bits per heavy atom. The van der Waals surface area contributed by atoms with E-state index in [2.05, 4.69) is 5.32 Å². The molecule has 106 valence electrons. The van der Waals surface area contributed by atoms with Crippen molar-refractivity contribution >= 4 is 17.5 Å². The first-order chi connectivity index (χ1) is 8.95. The van der Waals surface area contributed by atoms with Crippen molar-refractivity contribution in [2.75, 3.05) is 12.4 Å². The monoisotopic (exact) mass is 293 g/mol. The molecule has 0 saturated carbocycles. The van der Waals surface area contributed by atoms with Crippen molar-refractivity contribution in [1.82, 2.24) is 5.32 Å². The lowest BCUT2D eigenvalue weighted by Crippen LogP contribution is -2.24. The van der Waals surface area contributed by atoms with E-state index in [4.69, 9.17) is 11.6 Å². The average Bonchev–Trinajstić information content (AvgIpc) is 2.37. The molecule has 0 aromatic heterocycles. The van der Waals surface area contributed by atoms with Gasteiger partial charge in [-0.2, -0.15) is 13.2 Å². The molecule has 0 saturated heterocycles. The van der Waals surface area contributed by atoms with Crippen LogP contribution in [0.2, 0.25) is 0 Å².